The van der Waals surface area contributed by atoms with Gasteiger partial charge in [-0.15, -0.1) is 0 Å². The van der Waals surface area contributed by atoms with Crippen LogP contribution in [0.4, 0.5) is 5.69 Å². The molecule has 0 unspecified atom stereocenters. The molecule has 0 aromatic heterocycles. The molecule has 7 N–H and O–H groups in total. The van der Waals surface area contributed by atoms with Crippen molar-refractivity contribution in [2.24, 2.45) is 17.2 Å². The average molecular weight is 291 g/mol. The molecule has 1 heterocycles. The molecular formula is C11H23BrN4. The normalized spacial score (nSPS) is 10.2. The van der Waals surface area contributed by atoms with Crippen molar-refractivity contribution in [2.75, 3.05) is 33.0 Å². The van der Waals surface area contributed by atoms with E-state index in [1.807, 2.05) is 0 Å². The van der Waals surface area contributed by atoms with Gasteiger partial charge in [-0.3, -0.25) is 0 Å². The highest BCUT2D eigenvalue weighted by Crippen LogP contribution is 2.24. The first-order valence-corrected chi connectivity index (χ1v) is 5.91. The van der Waals surface area contributed by atoms with E-state index in [2.05, 4.69) is 56.6 Å². The van der Waals surface area contributed by atoms with Crippen LogP contribution in [0.3, 0.4) is 0 Å². The third-order valence-electron chi connectivity index (χ3n) is 1.78. The second-order valence-electron chi connectivity index (χ2n) is 2.48. The highest BCUT2D eigenvalue weighted by molar-refractivity contribution is 9.10. The second-order valence-corrected chi connectivity index (χ2v) is 3.39. The molecule has 0 saturated heterocycles. The van der Waals surface area contributed by atoms with E-state index in [0.717, 1.165) is 13.0 Å². The average Bonchev–Trinajstić information content (AvgIpc) is 2.84. The van der Waals surface area contributed by atoms with Crippen molar-refractivity contribution >= 4 is 21.6 Å². The minimum absolute atomic E-state index is 1.09. The number of rotatable bonds is 0. The van der Waals surface area contributed by atoms with E-state index in [1.165, 1.54) is 36.9 Å². The Labute approximate surface area is 107 Å². The first kappa shape index (κ1) is 17.8. The molecule has 1 aromatic carbocycles. The Balaban J connectivity index is 0. The minimum Gasteiger partial charge on any atom is -0.384 e. The molecule has 16 heavy (non-hydrogen) atoms. The van der Waals surface area contributed by atoms with E-state index < -0.39 is 0 Å². The molecule has 0 saturated carbocycles. The van der Waals surface area contributed by atoms with Crippen LogP contribution in [-0.2, 0) is 6.42 Å². The number of benzene rings is 1. The fraction of sp³-hybridized carbons (Fsp3) is 0.455. The van der Waals surface area contributed by atoms with Crippen molar-refractivity contribution in [2.45, 2.75) is 6.42 Å². The van der Waals surface area contributed by atoms with Gasteiger partial charge in [-0.2, -0.15) is 0 Å². The monoisotopic (exact) mass is 290 g/mol. The number of nitrogens with one attached hydrogen (secondary N) is 1. The second kappa shape index (κ2) is 12.4. The molecule has 0 aliphatic carbocycles. The Morgan fingerprint density at radius 3 is 2.19 bits per heavy atom. The molecule has 1 aliphatic rings. The maximum atomic E-state index is 4.50. The first-order valence-electron chi connectivity index (χ1n) is 5.12. The SMILES string of the molecule is Brc1ccc2c(c1)CCN2.CN.CN.CN. The fourth-order valence-corrected chi connectivity index (χ4v) is 1.68. The molecule has 1 aliphatic heterocycles. The summed E-state index contributed by atoms with van der Waals surface area (Å²) in [6, 6.07) is 6.36. The summed E-state index contributed by atoms with van der Waals surface area (Å²) in [7, 11) is 4.50. The predicted octanol–water partition coefficient (Wildman–Crippen LogP) is 1.14. The lowest BCUT2D eigenvalue weighted by Crippen LogP contribution is -1.90. The Hall–Kier alpha value is -0.620. The van der Waals surface area contributed by atoms with Gasteiger partial charge in [-0.05, 0) is 51.3 Å². The van der Waals surface area contributed by atoms with Crippen molar-refractivity contribution in [1.82, 2.24) is 0 Å². The molecule has 0 atom stereocenters. The van der Waals surface area contributed by atoms with Crippen LogP contribution in [0.5, 0.6) is 0 Å². The summed E-state index contributed by atoms with van der Waals surface area (Å²) in [6.07, 6.45) is 1.16. The third-order valence-corrected chi connectivity index (χ3v) is 2.27. The number of fused-ring (bicyclic) bond motifs is 1. The van der Waals surface area contributed by atoms with Crippen molar-refractivity contribution in [3.8, 4) is 0 Å². The van der Waals surface area contributed by atoms with E-state index in [4.69, 9.17) is 0 Å². The molecule has 0 bridgehead atoms. The summed E-state index contributed by atoms with van der Waals surface area (Å²) in [5.41, 5.74) is 16.2. The quantitative estimate of drug-likeness (QED) is 0.577. The van der Waals surface area contributed by atoms with E-state index in [0.29, 0.717) is 0 Å². The van der Waals surface area contributed by atoms with Gasteiger partial charge in [-0.1, -0.05) is 15.9 Å². The number of anilines is 1. The maximum Gasteiger partial charge on any atom is 0.0374 e. The molecule has 4 nitrogen and oxygen atoms in total. The highest BCUT2D eigenvalue weighted by atomic mass is 79.9. The lowest BCUT2D eigenvalue weighted by atomic mass is 10.2. The zero-order valence-corrected chi connectivity index (χ0v) is 11.8. The van der Waals surface area contributed by atoms with E-state index in [1.54, 1.807) is 0 Å². The van der Waals surface area contributed by atoms with E-state index >= 15 is 0 Å². The van der Waals surface area contributed by atoms with Crippen LogP contribution in [0.1, 0.15) is 5.56 Å². The number of hydrogen-bond donors (Lipinski definition) is 4. The lowest BCUT2D eigenvalue weighted by molar-refractivity contribution is 1.10. The first-order chi connectivity index (χ1) is 7.86. The van der Waals surface area contributed by atoms with Gasteiger partial charge in [0.15, 0.2) is 0 Å². The Bertz CT molecular complexity index is 266. The van der Waals surface area contributed by atoms with Crippen LogP contribution in [0.25, 0.3) is 0 Å². The Kier molecular flexibility index (Phi) is 13.8. The Morgan fingerprint density at radius 2 is 1.62 bits per heavy atom. The van der Waals surface area contributed by atoms with Gasteiger partial charge in [-0.25, -0.2) is 0 Å². The smallest absolute Gasteiger partial charge is 0.0374 e. The summed E-state index contributed by atoms with van der Waals surface area (Å²) in [5.74, 6) is 0. The van der Waals surface area contributed by atoms with Crippen LogP contribution in [0, 0.1) is 0 Å². The molecule has 94 valence electrons. The van der Waals surface area contributed by atoms with Gasteiger partial charge in [0.2, 0.25) is 0 Å². The Morgan fingerprint density at radius 1 is 1.06 bits per heavy atom. The third kappa shape index (κ3) is 6.07. The van der Waals surface area contributed by atoms with Gasteiger partial charge in [0, 0.05) is 16.7 Å². The van der Waals surface area contributed by atoms with Gasteiger partial charge in [0.1, 0.15) is 0 Å². The van der Waals surface area contributed by atoms with Gasteiger partial charge in [0.05, 0.1) is 0 Å². The predicted molar refractivity (Wildman–Crippen MR) is 76.7 cm³/mol. The topological polar surface area (TPSA) is 90.1 Å². The number of halogens is 1. The van der Waals surface area contributed by atoms with Crippen LogP contribution in [0.15, 0.2) is 22.7 Å². The van der Waals surface area contributed by atoms with Crippen LogP contribution in [-0.4, -0.2) is 27.7 Å². The van der Waals surface area contributed by atoms with Gasteiger partial charge < -0.3 is 22.5 Å². The summed E-state index contributed by atoms with van der Waals surface area (Å²) in [6.45, 7) is 1.09. The zero-order chi connectivity index (χ0) is 13.0. The van der Waals surface area contributed by atoms with Crippen molar-refractivity contribution < 1.29 is 0 Å². The maximum absolute atomic E-state index is 4.50. The van der Waals surface area contributed by atoms with Crippen molar-refractivity contribution in [3.05, 3.63) is 28.2 Å². The molecule has 0 amide bonds. The molecule has 0 fully saturated rings. The minimum atomic E-state index is 1.09. The van der Waals surface area contributed by atoms with E-state index in [9.17, 15) is 0 Å². The number of nitrogens with two attached hydrogens (primary N) is 3. The summed E-state index contributed by atoms with van der Waals surface area (Å²) >= 11 is 3.44. The van der Waals surface area contributed by atoms with Gasteiger partial charge in [0.25, 0.3) is 0 Å². The van der Waals surface area contributed by atoms with Crippen LogP contribution < -0.4 is 22.5 Å². The zero-order valence-electron chi connectivity index (χ0n) is 10.3. The highest BCUT2D eigenvalue weighted by Gasteiger charge is 2.08. The molecule has 0 spiro atoms. The number of hydrogen-bond acceptors (Lipinski definition) is 4. The molecule has 5 heteroatoms. The molecular weight excluding hydrogens is 268 g/mol. The van der Waals surface area contributed by atoms with Crippen LogP contribution >= 0.6 is 15.9 Å². The molecule has 1 aromatic rings. The van der Waals surface area contributed by atoms with Crippen LogP contribution in [0.2, 0.25) is 0 Å². The molecule has 0 radical (unpaired) electrons. The lowest BCUT2D eigenvalue weighted by Gasteiger charge is -1.97. The van der Waals surface area contributed by atoms with Crippen molar-refractivity contribution in [1.29, 1.82) is 0 Å². The van der Waals surface area contributed by atoms with E-state index in [-0.39, 0.29) is 0 Å². The fourth-order valence-electron chi connectivity index (χ4n) is 1.27. The summed E-state index contributed by atoms with van der Waals surface area (Å²) in [4.78, 5) is 0. The molecule has 2 rings (SSSR count). The summed E-state index contributed by atoms with van der Waals surface area (Å²) in [5, 5.41) is 3.31. The summed E-state index contributed by atoms with van der Waals surface area (Å²) < 4.78 is 1.18. The van der Waals surface area contributed by atoms with Crippen molar-refractivity contribution in [3.63, 3.8) is 0 Å². The standard InChI is InChI=1S/C8H8BrN.3CH5N/c9-7-1-2-8-6(5-7)3-4-10-8;3*1-2/h1-2,5,10H,3-4H2;3*2H2,1H3. The van der Waals surface area contributed by atoms with Gasteiger partial charge >= 0.3 is 0 Å². The largest absolute Gasteiger partial charge is 0.384 e.